The molecule has 0 saturated carbocycles. The molecule has 162 valence electrons. The third-order valence-corrected chi connectivity index (χ3v) is 4.78. The molecule has 0 saturated heterocycles. The van der Waals surface area contributed by atoms with Crippen molar-refractivity contribution in [2.45, 2.75) is 52.6 Å². The van der Waals surface area contributed by atoms with Crippen LogP contribution in [0.15, 0.2) is 24.5 Å². The Kier molecular flexibility index (Phi) is 6.74. The van der Waals surface area contributed by atoms with Crippen molar-refractivity contribution >= 4 is 17.2 Å². The average Bonchev–Trinajstić information content (AvgIpc) is 3.12. The summed E-state index contributed by atoms with van der Waals surface area (Å²) >= 11 is 0. The maximum atomic E-state index is 13.1. The number of aromatic nitrogens is 4. The molecule has 8 nitrogen and oxygen atoms in total. The molecule has 0 aliphatic heterocycles. The molecule has 3 aromatic rings. The number of pyridine rings is 1. The summed E-state index contributed by atoms with van der Waals surface area (Å²) in [7, 11) is 0. The third-order valence-electron chi connectivity index (χ3n) is 4.78. The number of hydrogen-bond donors (Lipinski definition) is 1. The van der Waals surface area contributed by atoms with Crippen LogP contribution in [0.4, 0.5) is 14.5 Å². The number of aryl methyl sites for hydroxylation is 2. The number of nitrogens with zero attached hydrogens (tertiary/aromatic N) is 5. The highest BCUT2D eigenvalue weighted by molar-refractivity contribution is 5.96. The maximum absolute atomic E-state index is 13.1. The lowest BCUT2D eigenvalue weighted by molar-refractivity contribution is -0.117. The van der Waals surface area contributed by atoms with E-state index in [0.717, 1.165) is 23.4 Å². The van der Waals surface area contributed by atoms with E-state index in [9.17, 15) is 18.8 Å². The largest absolute Gasteiger partial charge is 0.415 e. The van der Waals surface area contributed by atoms with Gasteiger partial charge < -0.3 is 10.1 Å². The number of amides is 1. The Hall–Kier alpha value is -3.61. The number of hydrogen-bond acceptors (Lipinski definition) is 6. The molecule has 3 heterocycles. The second-order valence-electron chi connectivity index (χ2n) is 6.97. The Balaban J connectivity index is 1.93. The van der Waals surface area contributed by atoms with E-state index < -0.39 is 18.4 Å². The van der Waals surface area contributed by atoms with Gasteiger partial charge in [0.1, 0.15) is 11.6 Å². The van der Waals surface area contributed by atoms with Gasteiger partial charge >= 0.3 is 6.61 Å². The molecule has 0 bridgehead atoms. The van der Waals surface area contributed by atoms with Gasteiger partial charge in [-0.15, -0.1) is 0 Å². The Morgan fingerprint density at radius 2 is 2.06 bits per heavy atom. The minimum absolute atomic E-state index is 0.200. The standard InChI is InChI=1S/C21H22F2N6O2/c1-4-6-15(16-11-25-18-7-12(3)28-29(18)17(16)5-2)19(30)27-14-8-13(9-24)20(26-10-14)31-21(22)23/h7-8,10-11,15,21H,4-6H2,1-3H3,(H,27,30). The van der Waals surface area contributed by atoms with Crippen molar-refractivity contribution in [3.8, 4) is 11.9 Å². The number of alkyl halides is 2. The molecule has 0 fully saturated rings. The average molecular weight is 428 g/mol. The van der Waals surface area contributed by atoms with Gasteiger partial charge in [-0.2, -0.15) is 19.1 Å². The summed E-state index contributed by atoms with van der Waals surface area (Å²) in [5.74, 6) is -1.31. The number of carbonyl (C=O) groups excluding carboxylic acids is 1. The highest BCUT2D eigenvalue weighted by atomic mass is 19.3. The third kappa shape index (κ3) is 4.77. The first kappa shape index (κ1) is 22.1. The van der Waals surface area contributed by atoms with E-state index in [1.807, 2.05) is 26.8 Å². The van der Waals surface area contributed by atoms with Crippen LogP contribution in [-0.4, -0.2) is 32.1 Å². The minimum atomic E-state index is -3.10. The molecule has 0 aromatic carbocycles. The van der Waals surface area contributed by atoms with Gasteiger partial charge in [0.15, 0.2) is 5.65 Å². The van der Waals surface area contributed by atoms with E-state index >= 15 is 0 Å². The fourth-order valence-corrected chi connectivity index (χ4v) is 3.48. The fourth-order valence-electron chi connectivity index (χ4n) is 3.48. The number of rotatable bonds is 8. The monoisotopic (exact) mass is 428 g/mol. The predicted octanol–water partition coefficient (Wildman–Crippen LogP) is 3.99. The SMILES string of the molecule is CCCC(C(=O)Nc1cnc(OC(F)F)c(C#N)c1)c1cnc2cc(C)nn2c1CC. The molecule has 1 unspecified atom stereocenters. The minimum Gasteiger partial charge on any atom is -0.415 e. The smallest absolute Gasteiger partial charge is 0.388 e. The maximum Gasteiger partial charge on any atom is 0.388 e. The Morgan fingerprint density at radius 1 is 1.29 bits per heavy atom. The zero-order chi connectivity index (χ0) is 22.5. The van der Waals surface area contributed by atoms with Gasteiger partial charge in [-0.05, 0) is 25.8 Å². The molecule has 0 aliphatic carbocycles. The number of ether oxygens (including phenoxy) is 1. The summed E-state index contributed by atoms with van der Waals surface area (Å²) in [5, 5.41) is 16.4. The Bertz CT molecular complexity index is 1140. The molecule has 31 heavy (non-hydrogen) atoms. The van der Waals surface area contributed by atoms with Gasteiger partial charge in [0.2, 0.25) is 11.8 Å². The first-order valence-corrected chi connectivity index (χ1v) is 9.87. The van der Waals surface area contributed by atoms with E-state index in [1.165, 1.54) is 12.3 Å². The van der Waals surface area contributed by atoms with Crippen molar-refractivity contribution in [3.05, 3.63) is 47.0 Å². The molecule has 3 aromatic heterocycles. The summed E-state index contributed by atoms with van der Waals surface area (Å²) in [4.78, 5) is 21.3. The lowest BCUT2D eigenvalue weighted by Gasteiger charge is -2.20. The molecule has 1 N–H and O–H groups in total. The van der Waals surface area contributed by atoms with Crippen LogP contribution in [0.2, 0.25) is 0 Å². The van der Waals surface area contributed by atoms with E-state index in [1.54, 1.807) is 16.8 Å². The van der Waals surface area contributed by atoms with Crippen LogP contribution in [0.1, 0.15) is 55.1 Å². The highest BCUT2D eigenvalue weighted by Gasteiger charge is 2.25. The van der Waals surface area contributed by atoms with Crippen molar-refractivity contribution in [1.82, 2.24) is 19.6 Å². The summed E-state index contributed by atoms with van der Waals surface area (Å²) in [6.07, 6.45) is 4.85. The summed E-state index contributed by atoms with van der Waals surface area (Å²) in [6.45, 7) is 2.74. The summed E-state index contributed by atoms with van der Waals surface area (Å²) < 4.78 is 30.9. The molecule has 0 spiro atoms. The fraction of sp³-hybridized carbons (Fsp3) is 0.381. The van der Waals surface area contributed by atoms with Gasteiger partial charge in [-0.1, -0.05) is 20.3 Å². The van der Waals surface area contributed by atoms with Crippen LogP contribution < -0.4 is 10.1 Å². The zero-order valence-corrected chi connectivity index (χ0v) is 17.4. The second kappa shape index (κ2) is 9.47. The van der Waals surface area contributed by atoms with E-state index in [0.29, 0.717) is 18.5 Å². The van der Waals surface area contributed by atoms with Gasteiger partial charge in [0, 0.05) is 23.5 Å². The van der Waals surface area contributed by atoms with Gasteiger partial charge in [-0.25, -0.2) is 14.5 Å². The molecule has 0 radical (unpaired) electrons. The molecular weight excluding hydrogens is 406 g/mol. The summed E-state index contributed by atoms with van der Waals surface area (Å²) in [5.41, 5.74) is 3.22. The topological polar surface area (TPSA) is 105 Å². The van der Waals surface area contributed by atoms with Crippen molar-refractivity contribution < 1.29 is 18.3 Å². The predicted molar refractivity (Wildman–Crippen MR) is 109 cm³/mol. The van der Waals surface area contributed by atoms with Crippen LogP contribution in [0.5, 0.6) is 5.88 Å². The molecule has 3 rings (SSSR count). The Morgan fingerprint density at radius 3 is 2.71 bits per heavy atom. The van der Waals surface area contributed by atoms with Crippen molar-refractivity contribution in [3.63, 3.8) is 0 Å². The molecule has 1 atom stereocenters. The Labute approximate surface area is 177 Å². The highest BCUT2D eigenvalue weighted by Crippen LogP contribution is 2.28. The second-order valence-corrected chi connectivity index (χ2v) is 6.97. The first-order valence-electron chi connectivity index (χ1n) is 9.87. The quantitative estimate of drug-likeness (QED) is 0.582. The van der Waals surface area contributed by atoms with Crippen molar-refractivity contribution in [2.24, 2.45) is 0 Å². The zero-order valence-electron chi connectivity index (χ0n) is 17.4. The van der Waals surface area contributed by atoms with Crippen LogP contribution in [0.25, 0.3) is 5.65 Å². The normalized spacial score (nSPS) is 12.0. The van der Waals surface area contributed by atoms with Crippen LogP contribution >= 0.6 is 0 Å². The van der Waals surface area contributed by atoms with E-state index in [4.69, 9.17) is 0 Å². The summed E-state index contributed by atoms with van der Waals surface area (Å²) in [6, 6.07) is 4.87. The molecule has 1 amide bonds. The number of nitriles is 1. The van der Waals surface area contributed by atoms with Crippen LogP contribution in [0.3, 0.4) is 0 Å². The van der Waals surface area contributed by atoms with Gasteiger partial charge in [0.25, 0.3) is 0 Å². The number of carbonyl (C=O) groups is 1. The number of fused-ring (bicyclic) bond motifs is 1. The van der Waals surface area contributed by atoms with Gasteiger partial charge in [0.05, 0.1) is 23.5 Å². The van der Waals surface area contributed by atoms with Crippen LogP contribution in [0, 0.1) is 18.3 Å². The van der Waals surface area contributed by atoms with Crippen LogP contribution in [-0.2, 0) is 11.2 Å². The van der Waals surface area contributed by atoms with E-state index in [-0.39, 0.29) is 17.2 Å². The number of halogens is 2. The van der Waals surface area contributed by atoms with Gasteiger partial charge in [-0.3, -0.25) is 4.79 Å². The number of nitrogens with one attached hydrogen (secondary N) is 1. The molecular formula is C21H22F2N6O2. The number of anilines is 1. The molecule has 0 aliphatic rings. The molecule has 10 heteroatoms. The first-order chi connectivity index (χ1) is 14.9. The lowest BCUT2D eigenvalue weighted by Crippen LogP contribution is -2.23. The van der Waals surface area contributed by atoms with Crippen molar-refractivity contribution in [1.29, 1.82) is 5.26 Å². The lowest BCUT2D eigenvalue weighted by atomic mass is 9.92. The van der Waals surface area contributed by atoms with Crippen molar-refractivity contribution in [2.75, 3.05) is 5.32 Å². The van der Waals surface area contributed by atoms with E-state index in [2.05, 4.69) is 25.1 Å².